The molecule has 24 atom stereocenters. The van der Waals surface area contributed by atoms with E-state index in [2.05, 4.69) is 125 Å². The van der Waals surface area contributed by atoms with Crippen LogP contribution in [0.4, 0.5) is 0 Å². The van der Waals surface area contributed by atoms with Crippen molar-refractivity contribution in [2.75, 3.05) is 0 Å². The van der Waals surface area contributed by atoms with Crippen LogP contribution in [0.3, 0.4) is 0 Å². The fraction of sp³-hybridized carbons (Fsp3) is 1.00. The van der Waals surface area contributed by atoms with Crippen LogP contribution in [0, 0.1) is 142 Å². The maximum absolute atomic E-state index is 2.74. The maximum atomic E-state index is 2.74. The summed E-state index contributed by atoms with van der Waals surface area (Å²) >= 11 is 0. The first kappa shape index (κ1) is 57.6. The van der Waals surface area contributed by atoms with Crippen molar-refractivity contribution in [1.29, 1.82) is 0 Å². The molecule has 4 fully saturated rings. The standard InChI is InChI=1S/C65H124/c1-19-27-28-29-62-48(15)46(13)60(37-53(62)23-5)40-65-51(18)47(14)61(38-56(65)26-8)41-64-50(17)45(12)58(36-55(64)25-7)33-31-52(22-4)34-59(43(10)21-3)39-63-49(16)44(11)57(35-54(63)24-6)32-30-42(9)20-2/h42-65H,19-41H2,1-18H3/t42-,43?,44?,45?,46?,47?,48-,49-,50-,51-,52-,53+,54+,55+,56+,57?,58?,59?,60?,61?,62?,63?,64?,65?/m1/s1. The molecule has 4 aliphatic carbocycles. The van der Waals surface area contributed by atoms with Crippen LogP contribution in [0.2, 0.25) is 0 Å². The lowest BCUT2D eigenvalue weighted by Crippen LogP contribution is -2.44. The van der Waals surface area contributed by atoms with Crippen molar-refractivity contribution in [3.05, 3.63) is 0 Å². The van der Waals surface area contributed by atoms with E-state index in [9.17, 15) is 0 Å². The Bertz CT molecular complexity index is 1240. The molecule has 65 heavy (non-hydrogen) atoms. The van der Waals surface area contributed by atoms with Crippen LogP contribution < -0.4 is 0 Å². The Morgan fingerprint density at radius 1 is 0.385 bits per heavy atom. The van der Waals surface area contributed by atoms with Gasteiger partial charge in [0, 0.05) is 0 Å². The summed E-state index contributed by atoms with van der Waals surface area (Å²) in [6, 6.07) is 0. The fourth-order valence-electron chi connectivity index (χ4n) is 17.7. The third-order valence-corrected chi connectivity index (χ3v) is 24.1. The molecular formula is C65H124. The van der Waals surface area contributed by atoms with Gasteiger partial charge in [0.1, 0.15) is 0 Å². The second-order valence-corrected chi connectivity index (χ2v) is 26.7. The average Bonchev–Trinajstić information content (AvgIpc) is 3.31. The van der Waals surface area contributed by atoms with E-state index in [-0.39, 0.29) is 0 Å². The monoisotopic (exact) mass is 905 g/mol. The topological polar surface area (TPSA) is 0 Å². The van der Waals surface area contributed by atoms with Crippen LogP contribution in [-0.4, -0.2) is 0 Å². The van der Waals surface area contributed by atoms with E-state index in [4.69, 9.17) is 0 Å². The van der Waals surface area contributed by atoms with Crippen molar-refractivity contribution in [3.8, 4) is 0 Å². The van der Waals surface area contributed by atoms with Gasteiger partial charge in [-0.2, -0.15) is 0 Å². The minimum atomic E-state index is 0.860. The summed E-state index contributed by atoms with van der Waals surface area (Å²) in [5.41, 5.74) is 0. The summed E-state index contributed by atoms with van der Waals surface area (Å²) in [5.74, 6) is 22.1. The summed E-state index contributed by atoms with van der Waals surface area (Å²) < 4.78 is 0. The molecule has 0 N–H and O–H groups in total. The fourth-order valence-corrected chi connectivity index (χ4v) is 17.7. The lowest BCUT2D eigenvalue weighted by atomic mass is 9.53. The minimum Gasteiger partial charge on any atom is -0.0654 e. The zero-order valence-electron chi connectivity index (χ0n) is 48.1. The van der Waals surface area contributed by atoms with Crippen molar-refractivity contribution in [3.63, 3.8) is 0 Å². The Hall–Kier alpha value is 0. The zero-order chi connectivity index (χ0) is 48.1. The SMILES string of the molecule is CCCCCC1[C@@H](CC)CC(CC2[C@@H](CC)CC(CC3[C@@H](CC)CC(CC[C@@H](CC)CC(CC4[C@@H](CC)CC(CC[C@H](C)CC)C(C)[C@H]4C)C(C)CC)C(C)[C@H]3C)C(C)[C@H]2C)C(C)[C@H]1C. The lowest BCUT2D eigenvalue weighted by molar-refractivity contribution is -0.0282. The smallest absolute Gasteiger partial charge is 0.0355 e. The molecule has 4 saturated carbocycles. The molecule has 4 rings (SSSR count). The first-order chi connectivity index (χ1) is 31.0. The number of unbranched alkanes of at least 4 members (excludes halogenated alkanes) is 2. The highest BCUT2D eigenvalue weighted by atomic mass is 14.5. The predicted octanol–water partition coefficient (Wildman–Crippen LogP) is 21.2. The van der Waals surface area contributed by atoms with E-state index < -0.39 is 0 Å². The van der Waals surface area contributed by atoms with Gasteiger partial charge in [-0.3, -0.25) is 0 Å². The zero-order valence-corrected chi connectivity index (χ0v) is 48.1. The molecule has 0 amide bonds. The van der Waals surface area contributed by atoms with Crippen LogP contribution in [0.25, 0.3) is 0 Å². The Morgan fingerprint density at radius 3 is 1.25 bits per heavy atom. The second kappa shape index (κ2) is 28.1. The van der Waals surface area contributed by atoms with E-state index in [1.165, 1.54) is 148 Å². The van der Waals surface area contributed by atoms with Gasteiger partial charge in [-0.25, -0.2) is 0 Å². The van der Waals surface area contributed by atoms with Crippen LogP contribution in [0.5, 0.6) is 0 Å². The van der Waals surface area contributed by atoms with Crippen LogP contribution in [-0.2, 0) is 0 Å². The Morgan fingerprint density at radius 2 is 0.800 bits per heavy atom. The Labute approximate surface area is 412 Å². The molecular weight excluding hydrogens is 781 g/mol. The first-order valence-corrected chi connectivity index (χ1v) is 31.0. The average molecular weight is 906 g/mol. The lowest BCUT2D eigenvalue weighted by Gasteiger charge is -2.52. The summed E-state index contributed by atoms with van der Waals surface area (Å²) in [5, 5.41) is 0. The van der Waals surface area contributed by atoms with E-state index in [0.29, 0.717) is 0 Å². The van der Waals surface area contributed by atoms with Gasteiger partial charge >= 0.3 is 0 Å². The van der Waals surface area contributed by atoms with Gasteiger partial charge < -0.3 is 0 Å². The largest absolute Gasteiger partial charge is 0.0654 e. The quantitative estimate of drug-likeness (QED) is 0.0759. The molecule has 0 bridgehead atoms. The number of hydrogen-bond acceptors (Lipinski definition) is 0. The molecule has 4 aliphatic rings. The van der Waals surface area contributed by atoms with E-state index in [0.717, 1.165) is 142 Å². The van der Waals surface area contributed by atoms with Crippen molar-refractivity contribution in [2.45, 2.75) is 272 Å². The molecule has 0 aromatic carbocycles. The van der Waals surface area contributed by atoms with Crippen molar-refractivity contribution >= 4 is 0 Å². The molecule has 0 aromatic heterocycles. The van der Waals surface area contributed by atoms with Gasteiger partial charge in [0.05, 0.1) is 0 Å². The van der Waals surface area contributed by atoms with E-state index in [1.807, 2.05) is 0 Å². The van der Waals surface area contributed by atoms with Gasteiger partial charge in [-0.05, 0) is 213 Å². The molecule has 0 heterocycles. The highest BCUT2D eigenvalue weighted by Gasteiger charge is 2.48. The summed E-state index contributed by atoms with van der Waals surface area (Å²) in [6.45, 7) is 46.8. The molecule has 0 radical (unpaired) electrons. The highest BCUT2D eigenvalue weighted by molar-refractivity contribution is 4.97. The van der Waals surface area contributed by atoms with Gasteiger partial charge in [0.2, 0.25) is 0 Å². The molecule has 0 spiro atoms. The third-order valence-electron chi connectivity index (χ3n) is 24.1. The molecule has 0 aromatic rings. The summed E-state index contributed by atoms with van der Waals surface area (Å²) in [6.07, 6.45) is 33.6. The van der Waals surface area contributed by atoms with Crippen LogP contribution in [0.15, 0.2) is 0 Å². The first-order valence-electron chi connectivity index (χ1n) is 31.0. The summed E-state index contributed by atoms with van der Waals surface area (Å²) in [4.78, 5) is 0. The molecule has 0 saturated heterocycles. The number of rotatable bonds is 26. The van der Waals surface area contributed by atoms with Crippen LogP contribution >= 0.6 is 0 Å². The van der Waals surface area contributed by atoms with Crippen molar-refractivity contribution in [1.82, 2.24) is 0 Å². The molecule has 0 heteroatoms. The van der Waals surface area contributed by atoms with E-state index >= 15 is 0 Å². The van der Waals surface area contributed by atoms with Gasteiger partial charge in [-0.15, -0.1) is 0 Å². The van der Waals surface area contributed by atoms with Gasteiger partial charge in [0.15, 0.2) is 0 Å². The van der Waals surface area contributed by atoms with Crippen LogP contribution in [0.1, 0.15) is 272 Å². The molecule has 384 valence electrons. The Balaban J connectivity index is 1.36. The third kappa shape index (κ3) is 14.8. The molecule has 14 unspecified atom stereocenters. The van der Waals surface area contributed by atoms with E-state index in [1.54, 1.807) is 0 Å². The Kier molecular flexibility index (Phi) is 24.9. The normalized spacial score (nSPS) is 42.4. The minimum absolute atomic E-state index is 0.860. The van der Waals surface area contributed by atoms with Crippen molar-refractivity contribution in [2.24, 2.45) is 142 Å². The molecule has 0 aliphatic heterocycles. The maximum Gasteiger partial charge on any atom is -0.0355 e. The van der Waals surface area contributed by atoms with Crippen molar-refractivity contribution < 1.29 is 0 Å². The second-order valence-electron chi connectivity index (χ2n) is 26.7. The number of hydrogen-bond donors (Lipinski definition) is 0. The highest BCUT2D eigenvalue weighted by Crippen LogP contribution is 2.56. The summed E-state index contributed by atoms with van der Waals surface area (Å²) in [7, 11) is 0. The predicted molar refractivity (Wildman–Crippen MR) is 292 cm³/mol. The molecule has 0 nitrogen and oxygen atoms in total. The van der Waals surface area contributed by atoms with Gasteiger partial charge in [0.25, 0.3) is 0 Å². The van der Waals surface area contributed by atoms with Gasteiger partial charge in [-0.1, -0.05) is 202 Å².